The number of nitrogens with one attached hydrogen (secondary N) is 1. The number of rotatable bonds is 8. The van der Waals surface area contributed by atoms with Crippen molar-refractivity contribution in [2.45, 2.75) is 27.3 Å². The summed E-state index contributed by atoms with van der Waals surface area (Å²) in [5.74, 6) is 1.85. The molecular weight excluding hydrogens is 274 g/mol. The summed E-state index contributed by atoms with van der Waals surface area (Å²) in [5.41, 5.74) is 3.59. The first-order valence-electron chi connectivity index (χ1n) is 7.82. The molecule has 22 heavy (non-hydrogen) atoms. The van der Waals surface area contributed by atoms with Crippen LogP contribution in [-0.2, 0) is 6.54 Å². The third kappa shape index (κ3) is 4.78. The van der Waals surface area contributed by atoms with E-state index in [0.29, 0.717) is 13.2 Å². The minimum absolute atomic E-state index is 0.538. The number of benzene rings is 2. The van der Waals surface area contributed by atoms with E-state index >= 15 is 0 Å². The predicted octanol–water partition coefficient (Wildman–Crippen LogP) is 3.87. The lowest BCUT2D eigenvalue weighted by Crippen LogP contribution is -2.14. The molecule has 0 amide bonds. The second-order valence-corrected chi connectivity index (χ2v) is 5.35. The number of aryl methyl sites for hydroxylation is 2. The van der Waals surface area contributed by atoms with Gasteiger partial charge in [-0.15, -0.1) is 0 Å². The molecule has 3 heteroatoms. The van der Waals surface area contributed by atoms with Gasteiger partial charge in [-0.05, 0) is 38.1 Å². The molecule has 0 fully saturated rings. The van der Waals surface area contributed by atoms with Gasteiger partial charge in [0.25, 0.3) is 0 Å². The fraction of sp³-hybridized carbons (Fsp3) is 0.368. The Morgan fingerprint density at radius 3 is 2.36 bits per heavy atom. The molecule has 0 atom stereocenters. The SMILES string of the molecule is CCNCc1ccccc1OCCOc1ccc(C)cc1C. The minimum atomic E-state index is 0.538. The zero-order valence-corrected chi connectivity index (χ0v) is 13.7. The van der Waals surface area contributed by atoms with Crippen LogP contribution in [0.15, 0.2) is 42.5 Å². The van der Waals surface area contributed by atoms with Gasteiger partial charge in [0.2, 0.25) is 0 Å². The van der Waals surface area contributed by atoms with Crippen LogP contribution in [-0.4, -0.2) is 19.8 Å². The lowest BCUT2D eigenvalue weighted by Gasteiger charge is -2.13. The molecule has 0 unspecified atom stereocenters. The van der Waals surface area contributed by atoms with Crippen LogP contribution in [0.4, 0.5) is 0 Å². The fourth-order valence-corrected chi connectivity index (χ4v) is 2.31. The van der Waals surface area contributed by atoms with Crippen molar-refractivity contribution in [1.29, 1.82) is 0 Å². The maximum atomic E-state index is 5.85. The van der Waals surface area contributed by atoms with E-state index in [1.165, 1.54) is 11.1 Å². The van der Waals surface area contributed by atoms with Gasteiger partial charge in [0, 0.05) is 12.1 Å². The molecule has 2 aromatic carbocycles. The van der Waals surface area contributed by atoms with Gasteiger partial charge in [0.1, 0.15) is 24.7 Å². The Hall–Kier alpha value is -2.00. The first kappa shape index (κ1) is 16.4. The molecule has 0 aliphatic carbocycles. The third-order valence-corrected chi connectivity index (χ3v) is 3.47. The highest BCUT2D eigenvalue weighted by Crippen LogP contribution is 2.20. The van der Waals surface area contributed by atoms with E-state index in [2.05, 4.69) is 44.3 Å². The first-order chi connectivity index (χ1) is 10.7. The lowest BCUT2D eigenvalue weighted by molar-refractivity contribution is 0.215. The maximum absolute atomic E-state index is 5.85. The summed E-state index contributed by atoms with van der Waals surface area (Å²) >= 11 is 0. The van der Waals surface area contributed by atoms with Crippen molar-refractivity contribution < 1.29 is 9.47 Å². The monoisotopic (exact) mass is 299 g/mol. The van der Waals surface area contributed by atoms with E-state index in [9.17, 15) is 0 Å². The molecule has 2 rings (SSSR count). The van der Waals surface area contributed by atoms with Gasteiger partial charge in [-0.3, -0.25) is 0 Å². The van der Waals surface area contributed by atoms with Crippen LogP contribution in [0.25, 0.3) is 0 Å². The van der Waals surface area contributed by atoms with Crippen LogP contribution in [0.5, 0.6) is 11.5 Å². The summed E-state index contributed by atoms with van der Waals surface area (Å²) in [4.78, 5) is 0. The third-order valence-electron chi connectivity index (χ3n) is 3.47. The molecule has 0 aliphatic rings. The van der Waals surface area contributed by atoms with Crippen LogP contribution in [0.1, 0.15) is 23.6 Å². The highest BCUT2D eigenvalue weighted by molar-refractivity contribution is 5.36. The Balaban J connectivity index is 1.83. The van der Waals surface area contributed by atoms with Crippen molar-refractivity contribution in [3.63, 3.8) is 0 Å². The molecule has 2 aromatic rings. The molecule has 3 nitrogen and oxygen atoms in total. The fourth-order valence-electron chi connectivity index (χ4n) is 2.31. The average Bonchev–Trinajstić information content (AvgIpc) is 2.52. The molecule has 118 valence electrons. The average molecular weight is 299 g/mol. The predicted molar refractivity (Wildman–Crippen MR) is 90.7 cm³/mol. The molecule has 0 aliphatic heterocycles. The molecule has 0 saturated carbocycles. The maximum Gasteiger partial charge on any atom is 0.123 e. The van der Waals surface area contributed by atoms with Gasteiger partial charge in [-0.2, -0.15) is 0 Å². The second-order valence-electron chi connectivity index (χ2n) is 5.35. The van der Waals surface area contributed by atoms with Gasteiger partial charge >= 0.3 is 0 Å². The Kier molecular flexibility index (Phi) is 6.28. The van der Waals surface area contributed by atoms with Gasteiger partial charge in [0.05, 0.1) is 0 Å². The van der Waals surface area contributed by atoms with Gasteiger partial charge in [0.15, 0.2) is 0 Å². The largest absolute Gasteiger partial charge is 0.490 e. The zero-order chi connectivity index (χ0) is 15.8. The number of hydrogen-bond donors (Lipinski definition) is 1. The quantitative estimate of drug-likeness (QED) is 0.751. The van der Waals surface area contributed by atoms with E-state index in [1.54, 1.807) is 0 Å². The summed E-state index contributed by atoms with van der Waals surface area (Å²) in [5, 5.41) is 3.32. The first-order valence-corrected chi connectivity index (χ1v) is 7.82. The minimum Gasteiger partial charge on any atom is -0.490 e. The van der Waals surface area contributed by atoms with Crippen molar-refractivity contribution >= 4 is 0 Å². The molecule has 0 aromatic heterocycles. The smallest absolute Gasteiger partial charge is 0.123 e. The van der Waals surface area contributed by atoms with Crippen LogP contribution < -0.4 is 14.8 Å². The summed E-state index contributed by atoms with van der Waals surface area (Å²) in [6.07, 6.45) is 0. The summed E-state index contributed by atoms with van der Waals surface area (Å²) < 4.78 is 11.6. The van der Waals surface area contributed by atoms with Crippen LogP contribution >= 0.6 is 0 Å². The van der Waals surface area contributed by atoms with E-state index < -0.39 is 0 Å². The summed E-state index contributed by atoms with van der Waals surface area (Å²) in [6, 6.07) is 14.3. The number of hydrogen-bond acceptors (Lipinski definition) is 3. The lowest BCUT2D eigenvalue weighted by atomic mass is 10.1. The Morgan fingerprint density at radius 2 is 1.64 bits per heavy atom. The van der Waals surface area contributed by atoms with Crippen molar-refractivity contribution in [2.75, 3.05) is 19.8 Å². The van der Waals surface area contributed by atoms with E-state index in [4.69, 9.17) is 9.47 Å². The molecule has 0 radical (unpaired) electrons. The normalized spacial score (nSPS) is 10.5. The van der Waals surface area contributed by atoms with Crippen molar-refractivity contribution in [3.05, 3.63) is 59.2 Å². The molecular formula is C19H25NO2. The molecule has 0 saturated heterocycles. The molecule has 0 spiro atoms. The van der Waals surface area contributed by atoms with Crippen LogP contribution in [0.3, 0.4) is 0 Å². The van der Waals surface area contributed by atoms with Crippen molar-refractivity contribution in [1.82, 2.24) is 5.32 Å². The Morgan fingerprint density at radius 1 is 0.909 bits per heavy atom. The Bertz CT molecular complexity index is 596. The summed E-state index contributed by atoms with van der Waals surface area (Å²) in [7, 11) is 0. The van der Waals surface area contributed by atoms with Gasteiger partial charge in [-0.1, -0.05) is 42.8 Å². The highest BCUT2D eigenvalue weighted by Gasteiger charge is 2.03. The number of para-hydroxylation sites is 1. The van der Waals surface area contributed by atoms with Gasteiger partial charge in [-0.25, -0.2) is 0 Å². The van der Waals surface area contributed by atoms with Crippen molar-refractivity contribution in [3.8, 4) is 11.5 Å². The van der Waals surface area contributed by atoms with Crippen molar-refractivity contribution in [2.24, 2.45) is 0 Å². The topological polar surface area (TPSA) is 30.5 Å². The number of ether oxygens (including phenoxy) is 2. The van der Waals surface area contributed by atoms with E-state index in [-0.39, 0.29) is 0 Å². The van der Waals surface area contributed by atoms with Gasteiger partial charge < -0.3 is 14.8 Å². The molecule has 0 heterocycles. The Labute approximate surface area is 133 Å². The second kappa shape index (κ2) is 8.44. The van der Waals surface area contributed by atoms with Crippen LogP contribution in [0.2, 0.25) is 0 Å². The van der Waals surface area contributed by atoms with Crippen LogP contribution in [0, 0.1) is 13.8 Å². The highest BCUT2D eigenvalue weighted by atomic mass is 16.5. The molecule has 0 bridgehead atoms. The zero-order valence-electron chi connectivity index (χ0n) is 13.7. The summed E-state index contributed by atoms with van der Waals surface area (Å²) in [6.45, 7) is 9.10. The van der Waals surface area contributed by atoms with E-state index in [0.717, 1.165) is 30.2 Å². The van der Waals surface area contributed by atoms with E-state index in [1.807, 2.05) is 24.3 Å². The molecule has 1 N–H and O–H groups in total. The standard InChI is InChI=1S/C19H25NO2/c1-4-20-14-17-7-5-6-8-19(17)22-12-11-21-18-10-9-15(2)13-16(18)3/h5-10,13,20H,4,11-12,14H2,1-3H3.